The van der Waals surface area contributed by atoms with E-state index in [9.17, 15) is 9.59 Å². The lowest BCUT2D eigenvalue weighted by atomic mass is 10.2. The highest BCUT2D eigenvalue weighted by Crippen LogP contribution is 2.02. The maximum Gasteiger partial charge on any atom is 0.305 e. The van der Waals surface area contributed by atoms with E-state index in [0.29, 0.717) is 38.8 Å². The molecule has 0 heterocycles. The van der Waals surface area contributed by atoms with Crippen molar-refractivity contribution in [2.45, 2.75) is 25.7 Å². The summed E-state index contributed by atoms with van der Waals surface area (Å²) in [4.78, 5) is 22.0. The van der Waals surface area contributed by atoms with E-state index in [2.05, 4.69) is 0 Å². The van der Waals surface area contributed by atoms with Crippen molar-refractivity contribution in [2.24, 2.45) is 11.5 Å². The third-order valence-corrected chi connectivity index (χ3v) is 1.77. The van der Waals surface area contributed by atoms with Crippen molar-refractivity contribution in [2.75, 3.05) is 26.3 Å². The number of ether oxygens (including phenoxy) is 2. The summed E-state index contributed by atoms with van der Waals surface area (Å²) in [5.41, 5.74) is 10.3. The van der Waals surface area contributed by atoms with Crippen LogP contribution in [0.1, 0.15) is 25.7 Å². The SMILES string of the molecule is NCCOC(=O)CCCCC(=O)OCCN. The molecule has 0 aliphatic rings. The number of rotatable bonds is 9. The second kappa shape index (κ2) is 10.4. The first-order valence-corrected chi connectivity index (χ1v) is 5.42. The van der Waals surface area contributed by atoms with Gasteiger partial charge in [-0.05, 0) is 12.8 Å². The predicted octanol–water partition coefficient (Wildman–Crippen LogP) is -0.449. The molecular formula is C10H20N2O4. The van der Waals surface area contributed by atoms with E-state index in [1.54, 1.807) is 0 Å². The zero-order chi connectivity index (χ0) is 12.2. The Labute approximate surface area is 95.3 Å². The molecule has 0 aromatic heterocycles. The minimum absolute atomic E-state index is 0.247. The zero-order valence-corrected chi connectivity index (χ0v) is 9.44. The quantitative estimate of drug-likeness (QED) is 0.412. The Hall–Kier alpha value is -1.14. The van der Waals surface area contributed by atoms with Crippen LogP contribution >= 0.6 is 0 Å². The van der Waals surface area contributed by atoms with Gasteiger partial charge in [0.2, 0.25) is 0 Å². The highest BCUT2D eigenvalue weighted by Gasteiger charge is 2.05. The molecule has 0 atom stereocenters. The fourth-order valence-electron chi connectivity index (χ4n) is 1.03. The van der Waals surface area contributed by atoms with Crippen molar-refractivity contribution < 1.29 is 19.1 Å². The molecule has 0 radical (unpaired) electrons. The van der Waals surface area contributed by atoms with E-state index in [4.69, 9.17) is 20.9 Å². The highest BCUT2D eigenvalue weighted by atomic mass is 16.5. The average Bonchev–Trinajstić information content (AvgIpc) is 2.29. The van der Waals surface area contributed by atoms with Gasteiger partial charge in [0.05, 0.1) is 0 Å². The summed E-state index contributed by atoms with van der Waals surface area (Å²) in [6.45, 7) is 1.16. The van der Waals surface area contributed by atoms with Gasteiger partial charge in [-0.25, -0.2) is 0 Å². The number of hydrogen-bond donors (Lipinski definition) is 2. The van der Waals surface area contributed by atoms with E-state index >= 15 is 0 Å². The Morgan fingerprint density at radius 2 is 1.19 bits per heavy atom. The average molecular weight is 232 g/mol. The molecule has 0 amide bonds. The Balaban J connectivity index is 3.31. The Morgan fingerprint density at radius 3 is 1.50 bits per heavy atom. The van der Waals surface area contributed by atoms with Crippen molar-refractivity contribution in [1.29, 1.82) is 0 Å². The van der Waals surface area contributed by atoms with Crippen LogP contribution in [0.2, 0.25) is 0 Å². The minimum atomic E-state index is -0.277. The number of esters is 2. The number of carbonyl (C=O) groups is 2. The maximum absolute atomic E-state index is 11.0. The van der Waals surface area contributed by atoms with E-state index in [1.807, 2.05) is 0 Å². The van der Waals surface area contributed by atoms with E-state index in [-0.39, 0.29) is 25.2 Å². The Kier molecular flexibility index (Phi) is 9.64. The van der Waals surface area contributed by atoms with Crippen molar-refractivity contribution >= 4 is 11.9 Å². The molecule has 0 fully saturated rings. The van der Waals surface area contributed by atoms with Gasteiger partial charge in [-0.2, -0.15) is 0 Å². The molecule has 0 unspecified atom stereocenters. The molecule has 0 aromatic carbocycles. The molecular weight excluding hydrogens is 212 g/mol. The van der Waals surface area contributed by atoms with Gasteiger partial charge in [0.15, 0.2) is 0 Å². The largest absolute Gasteiger partial charge is 0.464 e. The van der Waals surface area contributed by atoms with Gasteiger partial charge in [0.1, 0.15) is 13.2 Å². The van der Waals surface area contributed by atoms with Crippen LogP contribution in [-0.4, -0.2) is 38.2 Å². The second-order valence-electron chi connectivity index (χ2n) is 3.23. The molecule has 6 heteroatoms. The molecule has 0 saturated carbocycles. The fourth-order valence-corrected chi connectivity index (χ4v) is 1.03. The standard InChI is InChI=1S/C10H20N2O4/c11-5-7-15-9(13)3-1-2-4-10(14)16-8-6-12/h1-8,11-12H2. The maximum atomic E-state index is 11.0. The van der Waals surface area contributed by atoms with Crippen LogP contribution in [-0.2, 0) is 19.1 Å². The topological polar surface area (TPSA) is 105 Å². The molecule has 0 saturated heterocycles. The summed E-state index contributed by atoms with van der Waals surface area (Å²) >= 11 is 0. The van der Waals surface area contributed by atoms with Crippen LogP contribution in [0.4, 0.5) is 0 Å². The van der Waals surface area contributed by atoms with Gasteiger partial charge < -0.3 is 20.9 Å². The van der Waals surface area contributed by atoms with Gasteiger partial charge in [-0.3, -0.25) is 9.59 Å². The van der Waals surface area contributed by atoms with Crippen LogP contribution in [0, 0.1) is 0 Å². The molecule has 0 spiro atoms. The van der Waals surface area contributed by atoms with Gasteiger partial charge in [-0.1, -0.05) is 0 Å². The number of unbranched alkanes of at least 4 members (excludes halogenated alkanes) is 1. The monoisotopic (exact) mass is 232 g/mol. The fraction of sp³-hybridized carbons (Fsp3) is 0.800. The number of carbonyl (C=O) groups excluding carboxylic acids is 2. The Morgan fingerprint density at radius 1 is 0.812 bits per heavy atom. The summed E-state index contributed by atoms with van der Waals surface area (Å²) in [6, 6.07) is 0. The lowest BCUT2D eigenvalue weighted by molar-refractivity contribution is -0.145. The van der Waals surface area contributed by atoms with Gasteiger partial charge in [0, 0.05) is 25.9 Å². The third kappa shape index (κ3) is 9.42. The van der Waals surface area contributed by atoms with Crippen molar-refractivity contribution in [1.82, 2.24) is 0 Å². The van der Waals surface area contributed by atoms with Crippen LogP contribution in [0.3, 0.4) is 0 Å². The summed E-state index contributed by atoms with van der Waals surface area (Å²) in [5, 5.41) is 0. The molecule has 4 N–H and O–H groups in total. The van der Waals surface area contributed by atoms with Crippen LogP contribution in [0.25, 0.3) is 0 Å². The van der Waals surface area contributed by atoms with Crippen molar-refractivity contribution in [3.8, 4) is 0 Å². The Bertz CT molecular complexity index is 187. The molecule has 6 nitrogen and oxygen atoms in total. The highest BCUT2D eigenvalue weighted by molar-refractivity contribution is 5.70. The van der Waals surface area contributed by atoms with Crippen molar-refractivity contribution in [3.63, 3.8) is 0 Å². The summed E-state index contributed by atoms with van der Waals surface area (Å²) in [5.74, 6) is -0.554. The van der Waals surface area contributed by atoms with E-state index < -0.39 is 0 Å². The minimum Gasteiger partial charge on any atom is -0.464 e. The summed E-state index contributed by atoms with van der Waals surface area (Å²) < 4.78 is 9.53. The first-order valence-electron chi connectivity index (χ1n) is 5.42. The lowest BCUT2D eigenvalue weighted by Gasteiger charge is -2.03. The number of nitrogens with two attached hydrogens (primary N) is 2. The molecule has 94 valence electrons. The van der Waals surface area contributed by atoms with Crippen LogP contribution in [0.15, 0.2) is 0 Å². The molecule has 16 heavy (non-hydrogen) atoms. The van der Waals surface area contributed by atoms with Gasteiger partial charge >= 0.3 is 11.9 Å². The first kappa shape index (κ1) is 14.9. The molecule has 0 bridgehead atoms. The molecule has 0 aliphatic heterocycles. The normalized spacial score (nSPS) is 9.88. The number of hydrogen-bond acceptors (Lipinski definition) is 6. The van der Waals surface area contributed by atoms with Gasteiger partial charge in [0.25, 0.3) is 0 Å². The van der Waals surface area contributed by atoms with E-state index in [1.165, 1.54) is 0 Å². The van der Waals surface area contributed by atoms with E-state index in [0.717, 1.165) is 0 Å². The molecule has 0 aliphatic carbocycles. The van der Waals surface area contributed by atoms with Crippen LogP contribution in [0.5, 0.6) is 0 Å². The molecule has 0 aromatic rings. The van der Waals surface area contributed by atoms with Crippen molar-refractivity contribution in [3.05, 3.63) is 0 Å². The first-order chi connectivity index (χ1) is 7.70. The van der Waals surface area contributed by atoms with Gasteiger partial charge in [-0.15, -0.1) is 0 Å². The molecule has 0 rings (SSSR count). The predicted molar refractivity (Wildman–Crippen MR) is 58.5 cm³/mol. The lowest BCUT2D eigenvalue weighted by Crippen LogP contribution is -2.14. The summed E-state index contributed by atoms with van der Waals surface area (Å²) in [7, 11) is 0. The smallest absolute Gasteiger partial charge is 0.305 e. The summed E-state index contributed by atoms with van der Waals surface area (Å²) in [6.07, 6.45) is 1.84. The van der Waals surface area contributed by atoms with Crippen LogP contribution < -0.4 is 11.5 Å². The second-order valence-corrected chi connectivity index (χ2v) is 3.23. The zero-order valence-electron chi connectivity index (χ0n) is 9.44. The third-order valence-electron chi connectivity index (χ3n) is 1.77.